The van der Waals surface area contributed by atoms with Gasteiger partial charge in [-0.2, -0.15) is 13.2 Å². The Labute approximate surface area is 115 Å². The molecular weight excluding hydrogens is 267 g/mol. The van der Waals surface area contributed by atoms with Crippen LogP contribution in [0.25, 0.3) is 0 Å². The Morgan fingerprint density at radius 2 is 1.80 bits per heavy atom. The van der Waals surface area contributed by atoms with Gasteiger partial charge in [0, 0.05) is 5.69 Å². The van der Waals surface area contributed by atoms with Crippen LogP contribution in [0.2, 0.25) is 0 Å². The van der Waals surface area contributed by atoms with E-state index in [9.17, 15) is 13.2 Å². The van der Waals surface area contributed by atoms with E-state index in [0.717, 1.165) is 17.2 Å². The summed E-state index contributed by atoms with van der Waals surface area (Å²) >= 11 is 0. The fourth-order valence-electron chi connectivity index (χ4n) is 1.82. The zero-order valence-corrected chi connectivity index (χ0v) is 10.9. The molecule has 2 nitrogen and oxygen atoms in total. The average molecular weight is 281 g/mol. The van der Waals surface area contributed by atoms with Crippen LogP contribution >= 0.6 is 0 Å². The molecule has 0 radical (unpaired) electrons. The fourth-order valence-corrected chi connectivity index (χ4v) is 1.82. The molecule has 0 atom stereocenters. The number of ether oxygens (including phenoxy) is 1. The maximum Gasteiger partial charge on any atom is 0.420 e. The van der Waals surface area contributed by atoms with Gasteiger partial charge >= 0.3 is 6.18 Å². The monoisotopic (exact) mass is 281 g/mol. The van der Waals surface area contributed by atoms with E-state index >= 15 is 0 Å². The van der Waals surface area contributed by atoms with Crippen LogP contribution in [-0.2, 0) is 12.8 Å². The summed E-state index contributed by atoms with van der Waals surface area (Å²) in [4.78, 5) is 0. The Bertz CT molecular complexity index is 608. The van der Waals surface area contributed by atoms with Crippen molar-refractivity contribution in [2.75, 3.05) is 5.73 Å². The van der Waals surface area contributed by atoms with Crippen molar-refractivity contribution in [3.8, 4) is 5.75 Å². The quantitative estimate of drug-likeness (QED) is 0.857. The van der Waals surface area contributed by atoms with Crippen LogP contribution in [0.1, 0.15) is 16.7 Å². The van der Waals surface area contributed by atoms with Gasteiger partial charge in [0.05, 0.1) is 5.56 Å². The van der Waals surface area contributed by atoms with Crippen LogP contribution in [-0.4, -0.2) is 0 Å². The second kappa shape index (κ2) is 5.45. The molecule has 2 aromatic rings. The van der Waals surface area contributed by atoms with Gasteiger partial charge in [0.1, 0.15) is 12.4 Å². The van der Waals surface area contributed by atoms with Crippen LogP contribution in [0.4, 0.5) is 18.9 Å². The summed E-state index contributed by atoms with van der Waals surface area (Å²) in [7, 11) is 0. The average Bonchev–Trinajstić information content (AvgIpc) is 2.38. The van der Waals surface area contributed by atoms with Crippen molar-refractivity contribution in [2.24, 2.45) is 0 Å². The molecule has 106 valence electrons. The predicted octanol–water partition coefficient (Wildman–Crippen LogP) is 4.18. The molecule has 0 saturated heterocycles. The lowest BCUT2D eigenvalue weighted by Crippen LogP contribution is -2.09. The van der Waals surface area contributed by atoms with E-state index in [1.807, 2.05) is 31.2 Å². The molecular formula is C15H14F3NO. The van der Waals surface area contributed by atoms with Crippen molar-refractivity contribution in [3.05, 3.63) is 59.2 Å². The minimum absolute atomic E-state index is 0.0561. The van der Waals surface area contributed by atoms with Crippen LogP contribution in [0, 0.1) is 6.92 Å². The third-order valence-corrected chi connectivity index (χ3v) is 2.95. The molecule has 0 aromatic heterocycles. The number of alkyl halides is 3. The summed E-state index contributed by atoms with van der Waals surface area (Å²) in [6.07, 6.45) is -4.49. The lowest BCUT2D eigenvalue weighted by Gasteiger charge is -2.15. The molecule has 0 heterocycles. The zero-order valence-electron chi connectivity index (χ0n) is 10.9. The summed E-state index contributed by atoms with van der Waals surface area (Å²) in [6, 6.07) is 10.9. The molecule has 2 N–H and O–H groups in total. The molecule has 20 heavy (non-hydrogen) atoms. The topological polar surface area (TPSA) is 35.2 Å². The highest BCUT2D eigenvalue weighted by Gasteiger charge is 2.34. The van der Waals surface area contributed by atoms with Gasteiger partial charge in [0.25, 0.3) is 0 Å². The van der Waals surface area contributed by atoms with Crippen LogP contribution in [0.15, 0.2) is 42.5 Å². The van der Waals surface area contributed by atoms with E-state index in [0.29, 0.717) is 0 Å². The highest BCUT2D eigenvalue weighted by Crippen LogP contribution is 2.37. The van der Waals surface area contributed by atoms with Gasteiger partial charge in [-0.15, -0.1) is 0 Å². The Morgan fingerprint density at radius 1 is 1.10 bits per heavy atom. The van der Waals surface area contributed by atoms with Gasteiger partial charge in [0.2, 0.25) is 0 Å². The number of anilines is 1. The molecule has 0 aliphatic carbocycles. The van der Waals surface area contributed by atoms with E-state index in [2.05, 4.69) is 0 Å². The minimum atomic E-state index is -4.49. The van der Waals surface area contributed by atoms with Gasteiger partial charge in [-0.25, -0.2) is 0 Å². The summed E-state index contributed by atoms with van der Waals surface area (Å²) in [6.45, 7) is 1.96. The molecule has 2 rings (SSSR count). The van der Waals surface area contributed by atoms with Crippen molar-refractivity contribution in [2.45, 2.75) is 19.7 Å². The lowest BCUT2D eigenvalue weighted by atomic mass is 10.1. The minimum Gasteiger partial charge on any atom is -0.488 e. The van der Waals surface area contributed by atoms with Gasteiger partial charge in [0.15, 0.2) is 0 Å². The van der Waals surface area contributed by atoms with Gasteiger partial charge < -0.3 is 10.5 Å². The molecule has 5 heteroatoms. The normalized spacial score (nSPS) is 11.4. The first-order valence-corrected chi connectivity index (χ1v) is 6.02. The summed E-state index contributed by atoms with van der Waals surface area (Å²) in [5, 5.41) is 0. The Balaban J connectivity index is 2.24. The van der Waals surface area contributed by atoms with E-state index < -0.39 is 11.7 Å². The van der Waals surface area contributed by atoms with Crippen molar-refractivity contribution in [3.63, 3.8) is 0 Å². The summed E-state index contributed by atoms with van der Waals surface area (Å²) < 4.78 is 44.0. The first kappa shape index (κ1) is 14.2. The molecule has 0 bridgehead atoms. The first-order chi connectivity index (χ1) is 9.38. The number of halogens is 3. The molecule has 0 aliphatic rings. The highest BCUT2D eigenvalue weighted by atomic mass is 19.4. The zero-order chi connectivity index (χ0) is 14.8. The number of nitrogen functional groups attached to an aromatic ring is 1. The maximum atomic E-state index is 12.9. The van der Waals surface area contributed by atoms with Gasteiger partial charge in [-0.05, 0) is 36.2 Å². The SMILES string of the molecule is Cc1ccccc1COc1ccc(N)cc1C(F)(F)F. The maximum absolute atomic E-state index is 12.9. The summed E-state index contributed by atoms with van der Waals surface area (Å²) in [5.74, 6) is -0.213. The van der Waals surface area contributed by atoms with Crippen LogP contribution < -0.4 is 10.5 Å². The van der Waals surface area contributed by atoms with Crippen molar-refractivity contribution >= 4 is 5.69 Å². The number of hydrogen-bond acceptors (Lipinski definition) is 2. The second-order valence-corrected chi connectivity index (χ2v) is 4.47. The largest absolute Gasteiger partial charge is 0.488 e. The predicted molar refractivity (Wildman–Crippen MR) is 71.4 cm³/mol. The third kappa shape index (κ3) is 3.23. The third-order valence-electron chi connectivity index (χ3n) is 2.95. The molecule has 0 spiro atoms. The molecule has 0 amide bonds. The Kier molecular flexibility index (Phi) is 3.88. The van der Waals surface area contributed by atoms with E-state index in [1.54, 1.807) is 0 Å². The van der Waals surface area contributed by atoms with Crippen molar-refractivity contribution < 1.29 is 17.9 Å². The van der Waals surface area contributed by atoms with E-state index in [4.69, 9.17) is 10.5 Å². The number of hydrogen-bond donors (Lipinski definition) is 1. The van der Waals surface area contributed by atoms with Crippen molar-refractivity contribution in [1.29, 1.82) is 0 Å². The smallest absolute Gasteiger partial charge is 0.420 e. The standard InChI is InChI=1S/C15H14F3NO/c1-10-4-2-3-5-11(10)9-20-14-7-6-12(19)8-13(14)15(16,17)18/h2-8H,9,19H2,1H3. The Morgan fingerprint density at radius 3 is 2.45 bits per heavy atom. The number of nitrogens with two attached hydrogens (primary N) is 1. The second-order valence-electron chi connectivity index (χ2n) is 4.47. The van der Waals surface area contributed by atoms with E-state index in [-0.39, 0.29) is 18.0 Å². The Hall–Kier alpha value is -2.17. The molecule has 0 fully saturated rings. The summed E-state index contributed by atoms with van der Waals surface area (Å²) in [5.41, 5.74) is 6.41. The number of aryl methyl sites for hydroxylation is 1. The number of benzene rings is 2. The number of rotatable bonds is 3. The van der Waals surface area contributed by atoms with Crippen LogP contribution in [0.5, 0.6) is 5.75 Å². The molecule has 2 aromatic carbocycles. The van der Waals surface area contributed by atoms with Crippen LogP contribution in [0.3, 0.4) is 0 Å². The molecule has 0 unspecified atom stereocenters. The van der Waals surface area contributed by atoms with Gasteiger partial charge in [-0.3, -0.25) is 0 Å². The molecule has 0 saturated carbocycles. The first-order valence-electron chi connectivity index (χ1n) is 6.02. The highest BCUT2D eigenvalue weighted by molar-refractivity contribution is 5.49. The lowest BCUT2D eigenvalue weighted by molar-refractivity contribution is -0.139. The fraction of sp³-hybridized carbons (Fsp3) is 0.200. The molecule has 0 aliphatic heterocycles. The van der Waals surface area contributed by atoms with Gasteiger partial charge in [-0.1, -0.05) is 24.3 Å². The van der Waals surface area contributed by atoms with Crippen molar-refractivity contribution in [1.82, 2.24) is 0 Å². The van der Waals surface area contributed by atoms with E-state index in [1.165, 1.54) is 12.1 Å².